The maximum Gasteiger partial charge on any atom is 0.260 e. The molecule has 0 aliphatic heterocycles. The Bertz CT molecular complexity index is 681. The van der Waals surface area contributed by atoms with E-state index in [1.54, 1.807) is 25.2 Å². The zero-order chi connectivity index (χ0) is 16.1. The second-order valence-corrected chi connectivity index (χ2v) is 6.10. The normalized spacial score (nSPS) is 10.4. The molecule has 0 aliphatic carbocycles. The molecule has 0 N–H and O–H groups in total. The van der Waals surface area contributed by atoms with Crippen LogP contribution in [0.4, 0.5) is 4.39 Å². The second kappa shape index (κ2) is 7.61. The SMILES string of the molecule is CN(Cc1cccc(Cl)c1)C(=O)COc1ccc(Br)cc1F. The van der Waals surface area contributed by atoms with Crippen LogP contribution in [-0.4, -0.2) is 24.5 Å². The smallest absolute Gasteiger partial charge is 0.260 e. The predicted octanol–water partition coefficient (Wildman–Crippen LogP) is 4.28. The molecule has 0 saturated carbocycles. The minimum absolute atomic E-state index is 0.0488. The summed E-state index contributed by atoms with van der Waals surface area (Å²) >= 11 is 9.07. The van der Waals surface area contributed by atoms with Crippen molar-refractivity contribution in [1.29, 1.82) is 0 Å². The summed E-state index contributed by atoms with van der Waals surface area (Å²) in [5, 5.41) is 0.617. The van der Waals surface area contributed by atoms with Gasteiger partial charge in [-0.25, -0.2) is 4.39 Å². The molecule has 0 fully saturated rings. The molecule has 2 aromatic rings. The van der Waals surface area contributed by atoms with Gasteiger partial charge in [0.05, 0.1) is 0 Å². The summed E-state index contributed by atoms with van der Waals surface area (Å²) in [5.74, 6) is -0.713. The van der Waals surface area contributed by atoms with E-state index in [1.165, 1.54) is 17.0 Å². The van der Waals surface area contributed by atoms with Crippen molar-refractivity contribution in [2.24, 2.45) is 0 Å². The highest BCUT2D eigenvalue weighted by Gasteiger charge is 2.12. The van der Waals surface area contributed by atoms with Crippen LogP contribution in [0.1, 0.15) is 5.56 Å². The molecule has 3 nitrogen and oxygen atoms in total. The van der Waals surface area contributed by atoms with Gasteiger partial charge in [0, 0.05) is 23.1 Å². The van der Waals surface area contributed by atoms with Crippen molar-refractivity contribution in [3.8, 4) is 5.75 Å². The van der Waals surface area contributed by atoms with Gasteiger partial charge in [-0.1, -0.05) is 39.7 Å². The van der Waals surface area contributed by atoms with Gasteiger partial charge in [-0.15, -0.1) is 0 Å². The number of halogens is 3. The lowest BCUT2D eigenvalue weighted by atomic mass is 10.2. The number of rotatable bonds is 5. The van der Waals surface area contributed by atoms with E-state index in [2.05, 4.69) is 15.9 Å². The maximum atomic E-state index is 13.6. The number of ether oxygens (including phenoxy) is 1. The van der Waals surface area contributed by atoms with Gasteiger partial charge in [-0.3, -0.25) is 4.79 Å². The summed E-state index contributed by atoms with van der Waals surface area (Å²) in [6.07, 6.45) is 0. The zero-order valence-corrected chi connectivity index (χ0v) is 14.2. The first-order chi connectivity index (χ1) is 10.5. The van der Waals surface area contributed by atoms with Gasteiger partial charge < -0.3 is 9.64 Å². The molecule has 116 valence electrons. The van der Waals surface area contributed by atoms with Crippen LogP contribution in [-0.2, 0) is 11.3 Å². The topological polar surface area (TPSA) is 29.5 Å². The van der Waals surface area contributed by atoms with E-state index in [-0.39, 0.29) is 18.3 Å². The molecular formula is C16H14BrClFNO2. The fourth-order valence-corrected chi connectivity index (χ4v) is 2.39. The van der Waals surface area contributed by atoms with E-state index in [0.717, 1.165) is 5.56 Å². The Balaban J connectivity index is 1.91. The third-order valence-corrected chi connectivity index (χ3v) is 3.71. The van der Waals surface area contributed by atoms with Gasteiger partial charge in [0.25, 0.3) is 5.91 Å². The third kappa shape index (κ3) is 4.71. The first kappa shape index (κ1) is 16.8. The van der Waals surface area contributed by atoms with Gasteiger partial charge in [-0.05, 0) is 35.9 Å². The predicted molar refractivity (Wildman–Crippen MR) is 87.5 cm³/mol. The maximum absolute atomic E-state index is 13.6. The number of carbonyl (C=O) groups is 1. The monoisotopic (exact) mass is 385 g/mol. The van der Waals surface area contributed by atoms with E-state index in [0.29, 0.717) is 16.0 Å². The summed E-state index contributed by atoms with van der Waals surface area (Å²) < 4.78 is 19.4. The van der Waals surface area contributed by atoms with Crippen LogP contribution in [0.15, 0.2) is 46.9 Å². The quantitative estimate of drug-likeness (QED) is 0.767. The highest BCUT2D eigenvalue weighted by atomic mass is 79.9. The number of nitrogens with zero attached hydrogens (tertiary/aromatic N) is 1. The summed E-state index contributed by atoms with van der Waals surface area (Å²) in [5.41, 5.74) is 0.915. The molecule has 0 heterocycles. The molecule has 2 aromatic carbocycles. The van der Waals surface area contributed by atoms with Gasteiger partial charge in [0.2, 0.25) is 0 Å². The fraction of sp³-hybridized carbons (Fsp3) is 0.188. The Morgan fingerprint density at radius 1 is 1.32 bits per heavy atom. The Morgan fingerprint density at radius 2 is 2.09 bits per heavy atom. The Morgan fingerprint density at radius 3 is 2.77 bits per heavy atom. The highest BCUT2D eigenvalue weighted by Crippen LogP contribution is 2.21. The third-order valence-electron chi connectivity index (χ3n) is 2.98. The summed E-state index contributed by atoms with van der Waals surface area (Å²) in [6, 6.07) is 11.7. The van der Waals surface area contributed by atoms with Crippen LogP contribution in [0, 0.1) is 5.82 Å². The number of carbonyl (C=O) groups excluding carboxylic acids is 1. The second-order valence-electron chi connectivity index (χ2n) is 4.74. The summed E-state index contributed by atoms with van der Waals surface area (Å²) in [4.78, 5) is 13.5. The number of hydrogen-bond acceptors (Lipinski definition) is 2. The van der Waals surface area contributed by atoms with E-state index >= 15 is 0 Å². The molecular weight excluding hydrogens is 373 g/mol. The molecule has 0 atom stereocenters. The lowest BCUT2D eigenvalue weighted by Crippen LogP contribution is -2.31. The number of amides is 1. The number of likely N-dealkylation sites (N-methyl/N-ethyl adjacent to an activating group) is 1. The average Bonchev–Trinajstić information content (AvgIpc) is 2.46. The van der Waals surface area contributed by atoms with Crippen molar-refractivity contribution in [2.45, 2.75) is 6.54 Å². The van der Waals surface area contributed by atoms with Gasteiger partial charge in [0.15, 0.2) is 18.2 Å². The lowest BCUT2D eigenvalue weighted by molar-refractivity contribution is -0.132. The Kier molecular flexibility index (Phi) is 5.80. The molecule has 2 rings (SSSR count). The van der Waals surface area contributed by atoms with E-state index in [4.69, 9.17) is 16.3 Å². The molecule has 0 saturated heterocycles. The Labute approximate surface area is 141 Å². The van der Waals surface area contributed by atoms with Crippen molar-refractivity contribution in [3.05, 3.63) is 63.3 Å². The van der Waals surface area contributed by atoms with E-state index < -0.39 is 5.82 Å². The molecule has 0 unspecified atom stereocenters. The highest BCUT2D eigenvalue weighted by molar-refractivity contribution is 9.10. The van der Waals surface area contributed by atoms with Crippen LogP contribution in [0.3, 0.4) is 0 Å². The lowest BCUT2D eigenvalue weighted by Gasteiger charge is -2.18. The Hall–Kier alpha value is -1.59. The molecule has 1 amide bonds. The molecule has 0 aliphatic rings. The number of hydrogen-bond donors (Lipinski definition) is 0. The van der Waals surface area contributed by atoms with Crippen LogP contribution < -0.4 is 4.74 Å². The van der Waals surface area contributed by atoms with Crippen LogP contribution in [0.25, 0.3) is 0 Å². The summed E-state index contributed by atoms with van der Waals surface area (Å²) in [6.45, 7) is 0.182. The zero-order valence-electron chi connectivity index (χ0n) is 11.9. The van der Waals surface area contributed by atoms with Crippen molar-refractivity contribution >= 4 is 33.4 Å². The first-order valence-electron chi connectivity index (χ1n) is 6.52. The van der Waals surface area contributed by atoms with E-state index in [9.17, 15) is 9.18 Å². The molecule has 0 spiro atoms. The minimum atomic E-state index is -0.514. The van der Waals surface area contributed by atoms with Crippen molar-refractivity contribution in [3.63, 3.8) is 0 Å². The van der Waals surface area contributed by atoms with Crippen molar-refractivity contribution in [1.82, 2.24) is 4.90 Å². The molecule has 6 heteroatoms. The van der Waals surface area contributed by atoms with Crippen molar-refractivity contribution in [2.75, 3.05) is 13.7 Å². The first-order valence-corrected chi connectivity index (χ1v) is 7.69. The van der Waals surface area contributed by atoms with Crippen LogP contribution >= 0.6 is 27.5 Å². The van der Waals surface area contributed by atoms with Gasteiger partial charge >= 0.3 is 0 Å². The largest absolute Gasteiger partial charge is 0.481 e. The van der Waals surface area contributed by atoms with Gasteiger partial charge in [0.1, 0.15) is 0 Å². The molecule has 0 radical (unpaired) electrons. The van der Waals surface area contributed by atoms with Crippen LogP contribution in [0.5, 0.6) is 5.75 Å². The summed E-state index contributed by atoms with van der Waals surface area (Å²) in [7, 11) is 1.66. The van der Waals surface area contributed by atoms with E-state index in [1.807, 2.05) is 12.1 Å². The minimum Gasteiger partial charge on any atom is -0.481 e. The van der Waals surface area contributed by atoms with Gasteiger partial charge in [-0.2, -0.15) is 0 Å². The van der Waals surface area contributed by atoms with Crippen LogP contribution in [0.2, 0.25) is 5.02 Å². The van der Waals surface area contributed by atoms with Crippen molar-refractivity contribution < 1.29 is 13.9 Å². The number of benzene rings is 2. The fourth-order valence-electron chi connectivity index (χ4n) is 1.84. The molecule has 0 aromatic heterocycles. The molecule has 22 heavy (non-hydrogen) atoms. The molecule has 0 bridgehead atoms. The average molecular weight is 387 g/mol. The standard InChI is InChI=1S/C16H14BrClFNO2/c1-20(9-11-3-2-4-13(18)7-11)16(21)10-22-15-6-5-12(17)8-14(15)19/h2-8H,9-10H2,1H3.